The predicted molar refractivity (Wildman–Crippen MR) is 107 cm³/mol. The Kier molecular flexibility index (Phi) is 11.6. The number of rotatable bonds is 8. The third kappa shape index (κ3) is 10.0. The van der Waals surface area contributed by atoms with Crippen molar-refractivity contribution < 1.29 is 8.42 Å². The number of hydrogen-bond acceptors (Lipinski definition) is 3. The van der Waals surface area contributed by atoms with E-state index >= 15 is 0 Å². The van der Waals surface area contributed by atoms with E-state index in [0.29, 0.717) is 37.0 Å². The fourth-order valence-corrected chi connectivity index (χ4v) is 2.55. The van der Waals surface area contributed by atoms with Crippen LogP contribution in [0.1, 0.15) is 18.9 Å². The summed E-state index contributed by atoms with van der Waals surface area (Å²) in [4.78, 5) is 4.11. The van der Waals surface area contributed by atoms with Crippen molar-refractivity contribution in [1.29, 1.82) is 0 Å². The maximum absolute atomic E-state index is 11.3. The first-order valence-corrected chi connectivity index (χ1v) is 9.16. The Labute approximate surface area is 160 Å². The van der Waals surface area contributed by atoms with Gasteiger partial charge in [0.25, 0.3) is 0 Å². The number of guanidine groups is 1. The minimum atomic E-state index is -3.11. The molecule has 132 valence electrons. The molecule has 0 aliphatic heterocycles. The molecule has 0 radical (unpaired) electrons. The Morgan fingerprint density at radius 3 is 2.61 bits per heavy atom. The highest BCUT2D eigenvalue weighted by Crippen LogP contribution is 2.10. The van der Waals surface area contributed by atoms with Crippen LogP contribution in [0.15, 0.2) is 29.3 Å². The normalized spacial score (nSPS) is 11.7. The molecular formula is C14H24ClIN4O2S. The van der Waals surface area contributed by atoms with Crippen molar-refractivity contribution in [3.8, 4) is 0 Å². The molecule has 0 spiro atoms. The molecule has 3 N–H and O–H groups in total. The SMILES string of the molecule is CCS(=O)(=O)NCCCNC(=NC)NCc1cccc(Cl)c1.I. The van der Waals surface area contributed by atoms with Gasteiger partial charge in [-0.3, -0.25) is 4.99 Å². The third-order valence-electron chi connectivity index (χ3n) is 2.92. The van der Waals surface area contributed by atoms with E-state index in [2.05, 4.69) is 20.3 Å². The average molecular weight is 475 g/mol. The lowest BCUT2D eigenvalue weighted by atomic mass is 10.2. The molecule has 0 aliphatic rings. The maximum atomic E-state index is 11.3. The summed E-state index contributed by atoms with van der Waals surface area (Å²) in [6.07, 6.45) is 0.678. The van der Waals surface area contributed by atoms with Crippen LogP contribution >= 0.6 is 35.6 Å². The number of nitrogens with zero attached hydrogens (tertiary/aromatic N) is 1. The highest BCUT2D eigenvalue weighted by molar-refractivity contribution is 14.0. The van der Waals surface area contributed by atoms with Gasteiger partial charge in [0.15, 0.2) is 5.96 Å². The van der Waals surface area contributed by atoms with Gasteiger partial charge in [-0.15, -0.1) is 24.0 Å². The Balaban J connectivity index is 0.00000484. The summed E-state index contributed by atoms with van der Waals surface area (Å²) in [6.45, 7) is 3.26. The largest absolute Gasteiger partial charge is 0.356 e. The topological polar surface area (TPSA) is 82.6 Å². The van der Waals surface area contributed by atoms with Crippen molar-refractivity contribution in [1.82, 2.24) is 15.4 Å². The van der Waals surface area contributed by atoms with Crippen molar-refractivity contribution in [3.63, 3.8) is 0 Å². The minimum absolute atomic E-state index is 0. The Morgan fingerprint density at radius 1 is 1.26 bits per heavy atom. The molecular weight excluding hydrogens is 451 g/mol. The van der Waals surface area contributed by atoms with Crippen molar-refractivity contribution in [2.24, 2.45) is 4.99 Å². The molecule has 6 nitrogen and oxygen atoms in total. The smallest absolute Gasteiger partial charge is 0.211 e. The second-order valence-electron chi connectivity index (χ2n) is 4.63. The van der Waals surface area contributed by atoms with Gasteiger partial charge in [0.2, 0.25) is 10.0 Å². The molecule has 23 heavy (non-hydrogen) atoms. The molecule has 0 aliphatic carbocycles. The highest BCUT2D eigenvalue weighted by Gasteiger charge is 2.04. The first-order valence-electron chi connectivity index (χ1n) is 7.13. The molecule has 0 saturated heterocycles. The molecule has 0 amide bonds. The van der Waals surface area contributed by atoms with Crippen LogP contribution in [-0.4, -0.2) is 40.3 Å². The fraction of sp³-hybridized carbons (Fsp3) is 0.500. The first kappa shape index (κ1) is 22.4. The molecule has 0 unspecified atom stereocenters. The molecule has 1 aromatic carbocycles. The van der Waals surface area contributed by atoms with Crippen LogP contribution in [0.3, 0.4) is 0 Å². The van der Waals surface area contributed by atoms with Crippen molar-refractivity contribution in [2.45, 2.75) is 19.9 Å². The first-order chi connectivity index (χ1) is 10.5. The minimum Gasteiger partial charge on any atom is -0.356 e. The quantitative estimate of drug-likeness (QED) is 0.233. The van der Waals surface area contributed by atoms with E-state index < -0.39 is 10.0 Å². The lowest BCUT2D eigenvalue weighted by Gasteiger charge is -2.12. The van der Waals surface area contributed by atoms with Crippen LogP contribution in [0.25, 0.3) is 0 Å². The zero-order chi connectivity index (χ0) is 16.4. The molecule has 0 atom stereocenters. The Hall–Kier alpha value is -0.580. The van der Waals surface area contributed by atoms with Gasteiger partial charge in [0.1, 0.15) is 0 Å². The second-order valence-corrected chi connectivity index (χ2v) is 7.17. The van der Waals surface area contributed by atoms with Crippen molar-refractivity contribution >= 4 is 51.6 Å². The standard InChI is InChI=1S/C14H23ClN4O2S.HI/c1-3-22(20,21)19-9-5-8-17-14(16-2)18-11-12-6-4-7-13(15)10-12;/h4,6-7,10,19H,3,5,8-9,11H2,1-2H3,(H2,16,17,18);1H. The van der Waals surface area contributed by atoms with Gasteiger partial charge in [-0.2, -0.15) is 0 Å². The summed E-state index contributed by atoms with van der Waals surface area (Å²) in [6, 6.07) is 7.60. The number of sulfonamides is 1. The molecule has 1 rings (SSSR count). The van der Waals surface area contributed by atoms with Gasteiger partial charge < -0.3 is 10.6 Å². The van der Waals surface area contributed by atoms with E-state index in [1.807, 2.05) is 24.3 Å². The zero-order valence-corrected chi connectivity index (χ0v) is 17.2. The lowest BCUT2D eigenvalue weighted by molar-refractivity contribution is 0.579. The predicted octanol–water partition coefficient (Wildman–Crippen LogP) is 1.95. The number of halogens is 2. The number of benzene rings is 1. The zero-order valence-electron chi connectivity index (χ0n) is 13.3. The Bertz CT molecular complexity index is 596. The molecule has 0 saturated carbocycles. The van der Waals surface area contributed by atoms with Gasteiger partial charge in [-0.1, -0.05) is 23.7 Å². The van der Waals surface area contributed by atoms with Crippen LogP contribution in [0.4, 0.5) is 0 Å². The molecule has 1 aromatic rings. The molecule has 0 bridgehead atoms. The maximum Gasteiger partial charge on any atom is 0.211 e. The van der Waals surface area contributed by atoms with E-state index in [1.165, 1.54) is 0 Å². The molecule has 0 heterocycles. The molecule has 0 aromatic heterocycles. The summed E-state index contributed by atoms with van der Waals surface area (Å²) < 4.78 is 25.0. The third-order valence-corrected chi connectivity index (χ3v) is 4.56. The van der Waals surface area contributed by atoms with Crippen molar-refractivity contribution in [2.75, 3.05) is 25.9 Å². The van der Waals surface area contributed by atoms with Crippen LogP contribution < -0.4 is 15.4 Å². The van der Waals surface area contributed by atoms with Crippen LogP contribution in [0.2, 0.25) is 5.02 Å². The van der Waals surface area contributed by atoms with Crippen LogP contribution in [0, 0.1) is 0 Å². The van der Waals surface area contributed by atoms with Crippen LogP contribution in [0.5, 0.6) is 0 Å². The Morgan fingerprint density at radius 2 is 2.00 bits per heavy atom. The molecule has 0 fully saturated rings. The van der Waals surface area contributed by atoms with E-state index in [9.17, 15) is 8.42 Å². The fourth-order valence-electron chi connectivity index (χ4n) is 1.68. The van der Waals surface area contributed by atoms with Gasteiger partial charge >= 0.3 is 0 Å². The number of hydrogen-bond donors (Lipinski definition) is 3. The van der Waals surface area contributed by atoms with Crippen LogP contribution in [-0.2, 0) is 16.6 Å². The number of aliphatic imine (C=N–C) groups is 1. The summed E-state index contributed by atoms with van der Waals surface area (Å²) in [5, 5.41) is 7.00. The summed E-state index contributed by atoms with van der Waals surface area (Å²) in [5.74, 6) is 0.766. The van der Waals surface area contributed by atoms with E-state index in [-0.39, 0.29) is 29.7 Å². The summed E-state index contributed by atoms with van der Waals surface area (Å²) >= 11 is 5.93. The van der Waals surface area contributed by atoms with Gasteiger partial charge in [0.05, 0.1) is 5.75 Å². The van der Waals surface area contributed by atoms with E-state index in [4.69, 9.17) is 11.6 Å². The summed E-state index contributed by atoms with van der Waals surface area (Å²) in [7, 11) is -1.42. The second kappa shape index (κ2) is 11.9. The van der Waals surface area contributed by atoms with Gasteiger partial charge in [-0.25, -0.2) is 13.1 Å². The van der Waals surface area contributed by atoms with Gasteiger partial charge in [0, 0.05) is 31.7 Å². The average Bonchev–Trinajstić information content (AvgIpc) is 2.50. The molecule has 9 heteroatoms. The monoisotopic (exact) mass is 474 g/mol. The van der Waals surface area contributed by atoms with Gasteiger partial charge in [-0.05, 0) is 31.0 Å². The highest BCUT2D eigenvalue weighted by atomic mass is 127. The number of nitrogens with one attached hydrogen (secondary N) is 3. The van der Waals surface area contributed by atoms with E-state index in [1.54, 1.807) is 14.0 Å². The summed E-state index contributed by atoms with van der Waals surface area (Å²) in [5.41, 5.74) is 1.06. The van der Waals surface area contributed by atoms with E-state index in [0.717, 1.165) is 5.56 Å². The van der Waals surface area contributed by atoms with Crippen molar-refractivity contribution in [3.05, 3.63) is 34.9 Å². The lowest BCUT2D eigenvalue weighted by Crippen LogP contribution is -2.38.